The number of aromatic nitrogens is 2. The standard InChI is InChI=1S/C16H22N2O7/c1-5-23-13(20)11-16(4,14(21)24-6-2)7-10(25-11)18-8-9(3)12(19)17-15(18)22/h8,10-11H,5-7H2,1-4H3,(H,17,19,22)/t10-,11-,16-/m1/s1. The molecule has 0 radical (unpaired) electrons. The lowest BCUT2D eigenvalue weighted by molar-refractivity contribution is -0.172. The second kappa shape index (κ2) is 7.22. The van der Waals surface area contributed by atoms with Crippen LogP contribution in [0.25, 0.3) is 0 Å². The summed E-state index contributed by atoms with van der Waals surface area (Å²) in [6.07, 6.45) is -0.756. The number of hydrogen-bond acceptors (Lipinski definition) is 7. The first-order valence-corrected chi connectivity index (χ1v) is 8.06. The van der Waals surface area contributed by atoms with Crippen LogP contribution in [-0.2, 0) is 23.8 Å². The third kappa shape index (κ3) is 3.51. The van der Waals surface area contributed by atoms with Crippen molar-refractivity contribution < 1.29 is 23.8 Å². The molecule has 1 aliphatic rings. The summed E-state index contributed by atoms with van der Waals surface area (Å²) in [6.45, 7) is 6.64. The normalized spacial score (nSPS) is 25.6. The van der Waals surface area contributed by atoms with E-state index in [2.05, 4.69) is 4.98 Å². The minimum absolute atomic E-state index is 0.0285. The molecule has 0 spiro atoms. The Balaban J connectivity index is 2.43. The van der Waals surface area contributed by atoms with Crippen LogP contribution in [0.15, 0.2) is 15.8 Å². The number of aryl methyl sites for hydroxylation is 1. The third-order valence-electron chi connectivity index (χ3n) is 4.17. The number of carbonyl (C=O) groups is 2. The summed E-state index contributed by atoms with van der Waals surface area (Å²) in [4.78, 5) is 50.5. The van der Waals surface area contributed by atoms with Gasteiger partial charge in [0.15, 0.2) is 6.10 Å². The van der Waals surface area contributed by atoms with E-state index in [-0.39, 0.29) is 19.6 Å². The van der Waals surface area contributed by atoms with Crippen LogP contribution in [-0.4, -0.2) is 40.8 Å². The van der Waals surface area contributed by atoms with Gasteiger partial charge < -0.3 is 14.2 Å². The Bertz CT molecular complexity index is 781. The van der Waals surface area contributed by atoms with Crippen LogP contribution in [0.1, 0.15) is 39.0 Å². The second-order valence-electron chi connectivity index (χ2n) is 6.04. The number of ether oxygens (including phenoxy) is 3. The van der Waals surface area contributed by atoms with Crippen LogP contribution in [0.4, 0.5) is 0 Å². The van der Waals surface area contributed by atoms with Gasteiger partial charge in [-0.3, -0.25) is 19.1 Å². The lowest BCUT2D eigenvalue weighted by Gasteiger charge is -2.25. The van der Waals surface area contributed by atoms with Gasteiger partial charge in [-0.15, -0.1) is 0 Å². The molecule has 3 atom stereocenters. The largest absolute Gasteiger partial charge is 0.465 e. The molecule has 1 aliphatic heterocycles. The average Bonchev–Trinajstić information content (AvgIpc) is 2.90. The van der Waals surface area contributed by atoms with Crippen LogP contribution in [0.5, 0.6) is 0 Å². The fourth-order valence-electron chi connectivity index (χ4n) is 2.81. The topological polar surface area (TPSA) is 117 Å². The van der Waals surface area contributed by atoms with Gasteiger partial charge in [-0.05, 0) is 27.7 Å². The molecule has 0 bridgehead atoms. The number of nitrogens with zero attached hydrogens (tertiary/aromatic N) is 1. The van der Waals surface area contributed by atoms with Gasteiger partial charge in [0.25, 0.3) is 5.56 Å². The average molecular weight is 354 g/mol. The quantitative estimate of drug-likeness (QED) is 0.754. The van der Waals surface area contributed by atoms with Gasteiger partial charge in [0.05, 0.1) is 13.2 Å². The first kappa shape index (κ1) is 18.9. The third-order valence-corrected chi connectivity index (χ3v) is 4.17. The van der Waals surface area contributed by atoms with Crippen molar-refractivity contribution in [1.29, 1.82) is 0 Å². The Hall–Kier alpha value is -2.42. The number of hydrogen-bond donors (Lipinski definition) is 1. The maximum atomic E-state index is 12.4. The molecule has 138 valence electrons. The molecule has 9 nitrogen and oxygen atoms in total. The van der Waals surface area contributed by atoms with Crippen molar-refractivity contribution in [3.8, 4) is 0 Å². The van der Waals surface area contributed by atoms with Crippen molar-refractivity contribution in [3.63, 3.8) is 0 Å². The van der Waals surface area contributed by atoms with Crippen molar-refractivity contribution >= 4 is 11.9 Å². The number of carbonyl (C=O) groups excluding carboxylic acids is 2. The molecule has 2 rings (SSSR count). The first-order chi connectivity index (χ1) is 11.7. The number of aromatic amines is 1. The predicted octanol–water partition coefficient (Wildman–Crippen LogP) is 0.265. The van der Waals surface area contributed by atoms with Crippen molar-refractivity contribution in [2.75, 3.05) is 13.2 Å². The molecule has 1 aromatic heterocycles. The SMILES string of the molecule is CCOC(=O)[C@H]1O[C@@H](n2cc(C)c(=O)[nH]c2=O)C[C@@]1(C)C(=O)OCC. The number of esters is 2. The molecule has 25 heavy (non-hydrogen) atoms. The molecule has 1 fully saturated rings. The first-order valence-electron chi connectivity index (χ1n) is 8.06. The fraction of sp³-hybridized carbons (Fsp3) is 0.625. The van der Waals surface area contributed by atoms with Crippen molar-refractivity contribution in [1.82, 2.24) is 9.55 Å². The lowest BCUT2D eigenvalue weighted by atomic mass is 9.82. The molecule has 0 aromatic carbocycles. The Morgan fingerprint density at radius 1 is 1.32 bits per heavy atom. The highest BCUT2D eigenvalue weighted by atomic mass is 16.6. The molecule has 2 heterocycles. The summed E-state index contributed by atoms with van der Waals surface area (Å²) in [6, 6.07) is 0. The summed E-state index contributed by atoms with van der Waals surface area (Å²) >= 11 is 0. The Morgan fingerprint density at radius 2 is 1.96 bits per heavy atom. The van der Waals surface area contributed by atoms with E-state index >= 15 is 0 Å². The van der Waals surface area contributed by atoms with Crippen molar-refractivity contribution in [2.45, 2.75) is 46.4 Å². The zero-order valence-corrected chi connectivity index (χ0v) is 14.7. The van der Waals surface area contributed by atoms with Crippen LogP contribution in [0.3, 0.4) is 0 Å². The van der Waals surface area contributed by atoms with Gasteiger partial charge in [-0.1, -0.05) is 0 Å². The molecule has 1 N–H and O–H groups in total. The predicted molar refractivity (Wildman–Crippen MR) is 86.0 cm³/mol. The van der Waals surface area contributed by atoms with Crippen molar-refractivity contribution in [3.05, 3.63) is 32.6 Å². The zero-order chi connectivity index (χ0) is 18.8. The highest BCUT2D eigenvalue weighted by molar-refractivity contribution is 5.87. The van der Waals surface area contributed by atoms with Gasteiger partial charge in [0, 0.05) is 18.2 Å². The monoisotopic (exact) mass is 354 g/mol. The van der Waals surface area contributed by atoms with Gasteiger partial charge in [-0.25, -0.2) is 9.59 Å². The maximum Gasteiger partial charge on any atom is 0.336 e. The lowest BCUT2D eigenvalue weighted by Crippen LogP contribution is -2.43. The molecule has 0 unspecified atom stereocenters. The highest BCUT2D eigenvalue weighted by Crippen LogP contribution is 2.44. The Morgan fingerprint density at radius 3 is 2.56 bits per heavy atom. The molecule has 9 heteroatoms. The van der Waals surface area contributed by atoms with Gasteiger partial charge >= 0.3 is 17.6 Å². The maximum absolute atomic E-state index is 12.4. The van der Waals surface area contributed by atoms with Gasteiger partial charge in [0.2, 0.25) is 0 Å². The van der Waals surface area contributed by atoms with E-state index in [4.69, 9.17) is 14.2 Å². The Labute approximate surface area is 143 Å². The van der Waals surface area contributed by atoms with E-state index in [1.807, 2.05) is 0 Å². The minimum atomic E-state index is -1.31. The van der Waals surface area contributed by atoms with E-state index in [0.717, 1.165) is 4.57 Å². The summed E-state index contributed by atoms with van der Waals surface area (Å²) in [5, 5.41) is 0. The summed E-state index contributed by atoms with van der Waals surface area (Å²) in [7, 11) is 0. The number of H-pyrrole nitrogens is 1. The van der Waals surface area contributed by atoms with E-state index in [9.17, 15) is 19.2 Å². The molecule has 0 aliphatic carbocycles. The van der Waals surface area contributed by atoms with Gasteiger partial charge in [-0.2, -0.15) is 0 Å². The summed E-state index contributed by atoms with van der Waals surface area (Å²) in [5.41, 5.74) is -2.19. The van der Waals surface area contributed by atoms with E-state index in [1.54, 1.807) is 13.8 Å². The van der Waals surface area contributed by atoms with Crippen molar-refractivity contribution in [2.24, 2.45) is 5.41 Å². The van der Waals surface area contributed by atoms with Crippen LogP contribution < -0.4 is 11.2 Å². The van der Waals surface area contributed by atoms with Crippen LogP contribution >= 0.6 is 0 Å². The molecular weight excluding hydrogens is 332 g/mol. The number of nitrogens with one attached hydrogen (secondary N) is 1. The molecule has 0 saturated carbocycles. The van der Waals surface area contributed by atoms with Gasteiger partial charge in [0.1, 0.15) is 11.6 Å². The summed E-state index contributed by atoms with van der Waals surface area (Å²) < 4.78 is 16.9. The zero-order valence-electron chi connectivity index (χ0n) is 14.7. The van der Waals surface area contributed by atoms with E-state index in [0.29, 0.717) is 5.56 Å². The van der Waals surface area contributed by atoms with E-state index in [1.165, 1.54) is 20.0 Å². The number of rotatable bonds is 5. The molecule has 1 saturated heterocycles. The highest BCUT2D eigenvalue weighted by Gasteiger charge is 2.56. The Kier molecular flexibility index (Phi) is 5.46. The molecular formula is C16H22N2O7. The van der Waals surface area contributed by atoms with E-state index < -0.39 is 40.9 Å². The second-order valence-corrected chi connectivity index (χ2v) is 6.04. The van der Waals surface area contributed by atoms with Crippen LogP contribution in [0, 0.1) is 12.3 Å². The molecule has 1 aromatic rings. The fourth-order valence-corrected chi connectivity index (χ4v) is 2.81. The summed E-state index contributed by atoms with van der Waals surface area (Å²) in [5.74, 6) is -1.31. The smallest absolute Gasteiger partial charge is 0.336 e. The van der Waals surface area contributed by atoms with Crippen LogP contribution in [0.2, 0.25) is 0 Å². The molecule has 0 amide bonds. The minimum Gasteiger partial charge on any atom is -0.465 e.